The summed E-state index contributed by atoms with van der Waals surface area (Å²) in [5, 5.41) is 2.48. The normalized spacial score (nSPS) is 20.7. The molecule has 0 amide bonds. The minimum absolute atomic E-state index is 0.0190. The average molecular weight is 736 g/mol. The van der Waals surface area contributed by atoms with Gasteiger partial charge in [-0.3, -0.25) is 0 Å². The zero-order valence-electron chi connectivity index (χ0n) is 31.8. The van der Waals surface area contributed by atoms with Crippen LogP contribution in [0.4, 0.5) is 11.4 Å². The Morgan fingerprint density at radius 2 is 1.28 bits per heavy atom. The first-order valence-corrected chi connectivity index (χ1v) is 20.0. The quantitative estimate of drug-likeness (QED) is 0.180. The Balaban J connectivity index is 1.03. The third-order valence-electron chi connectivity index (χ3n) is 12.4. The molecule has 2 unspecified atom stereocenters. The monoisotopic (exact) mass is 735 g/mol. The van der Waals surface area contributed by atoms with Gasteiger partial charge in [0.05, 0.1) is 11.5 Å². The van der Waals surface area contributed by atoms with Gasteiger partial charge in [-0.25, -0.2) is 0 Å². The third-order valence-corrected chi connectivity index (χ3v) is 12.4. The van der Waals surface area contributed by atoms with Crippen molar-refractivity contribution in [3.05, 3.63) is 228 Å². The van der Waals surface area contributed by atoms with E-state index >= 15 is 0 Å². The van der Waals surface area contributed by atoms with E-state index < -0.39 is 0 Å². The number of fused-ring (bicyclic) bond motifs is 10. The van der Waals surface area contributed by atoms with Crippen LogP contribution in [0, 0.1) is 6.92 Å². The maximum atomic E-state index is 6.93. The summed E-state index contributed by atoms with van der Waals surface area (Å²) in [6.07, 6.45) is 19.7. The Kier molecular flexibility index (Phi) is 7.89. The second-order valence-electron chi connectivity index (χ2n) is 15.6. The number of nitrogens with zero attached hydrogens (tertiary/aromatic N) is 1. The highest BCUT2D eigenvalue weighted by molar-refractivity contribution is 5.90. The number of allylic oxidation sites excluding steroid dienone is 6. The van der Waals surface area contributed by atoms with Crippen LogP contribution in [0.2, 0.25) is 0 Å². The van der Waals surface area contributed by atoms with Gasteiger partial charge in [-0.15, -0.1) is 0 Å². The van der Waals surface area contributed by atoms with Crippen molar-refractivity contribution in [1.82, 2.24) is 0 Å². The highest BCUT2D eigenvalue weighted by atomic mass is 16.6. The molecule has 274 valence electrons. The van der Waals surface area contributed by atoms with Gasteiger partial charge in [-0.2, -0.15) is 0 Å². The minimum Gasteiger partial charge on any atom is -0.449 e. The molecule has 0 bridgehead atoms. The minimum atomic E-state index is -0.357. The molecule has 11 rings (SSSR count). The van der Waals surface area contributed by atoms with Crippen molar-refractivity contribution in [3.63, 3.8) is 0 Å². The van der Waals surface area contributed by atoms with Crippen LogP contribution < -0.4 is 14.4 Å². The molecule has 1 aliphatic heterocycles. The summed E-state index contributed by atoms with van der Waals surface area (Å²) in [5.74, 6) is 3.03. The topological polar surface area (TPSA) is 21.7 Å². The number of anilines is 2. The van der Waals surface area contributed by atoms with Gasteiger partial charge in [-0.1, -0.05) is 152 Å². The Morgan fingerprint density at radius 1 is 0.544 bits per heavy atom. The third kappa shape index (κ3) is 5.41. The molecule has 0 saturated heterocycles. The van der Waals surface area contributed by atoms with Crippen LogP contribution in [0.15, 0.2) is 194 Å². The smallest absolute Gasteiger partial charge is 0.172 e. The first-order chi connectivity index (χ1) is 28.2. The molecule has 7 aromatic rings. The molecule has 0 aromatic heterocycles. The number of aryl methyl sites for hydroxylation is 1. The molecule has 0 saturated carbocycles. The lowest BCUT2D eigenvalue weighted by molar-refractivity contribution is 0.359. The molecule has 3 aliphatic carbocycles. The molecule has 0 fully saturated rings. The highest BCUT2D eigenvalue weighted by Gasteiger charge is 2.46. The predicted molar refractivity (Wildman–Crippen MR) is 233 cm³/mol. The average Bonchev–Trinajstić information content (AvgIpc) is 3.57. The van der Waals surface area contributed by atoms with Crippen LogP contribution in [0.5, 0.6) is 23.0 Å². The summed E-state index contributed by atoms with van der Waals surface area (Å²) < 4.78 is 13.8. The van der Waals surface area contributed by atoms with Crippen LogP contribution in [0.1, 0.15) is 45.7 Å². The van der Waals surface area contributed by atoms with E-state index in [-0.39, 0.29) is 17.4 Å². The molecule has 57 heavy (non-hydrogen) atoms. The number of ether oxygens (including phenoxy) is 2. The Morgan fingerprint density at radius 3 is 2.21 bits per heavy atom. The zero-order valence-corrected chi connectivity index (χ0v) is 31.8. The van der Waals surface area contributed by atoms with Crippen LogP contribution >= 0.6 is 0 Å². The van der Waals surface area contributed by atoms with Crippen molar-refractivity contribution in [2.75, 3.05) is 4.90 Å². The van der Waals surface area contributed by atoms with Crippen molar-refractivity contribution in [3.8, 4) is 34.1 Å². The standard InChI is InChI=1S/C54H41NO2/c1-36-16-15-21-39-32-40(27-29-42(36)39)55(49-26-13-10-22-43(49)37-17-6-4-7-18-37)41-28-30-50-51(33-41)57-52-34-45-44-23-9-12-25-47(44)54(48(45)35-53(52)56-50)31-14-3-2-5-19-38-20-8-11-24-46(38)54/h2-18,20-30,32-35,43,49H,19,31H2,1H3/b5-2-,14-3-/t43-,49?,54?/m0/s1. The number of hydrogen-bond donors (Lipinski definition) is 0. The Labute approximate surface area is 334 Å². The predicted octanol–water partition coefficient (Wildman–Crippen LogP) is 13.8. The van der Waals surface area contributed by atoms with Gasteiger partial charge in [0.25, 0.3) is 0 Å². The van der Waals surface area contributed by atoms with Crippen LogP contribution in [0.25, 0.3) is 21.9 Å². The Hall–Kier alpha value is -6.84. The fourth-order valence-electron chi connectivity index (χ4n) is 9.81. The van der Waals surface area contributed by atoms with Crippen molar-refractivity contribution >= 4 is 22.1 Å². The maximum absolute atomic E-state index is 6.93. The fourth-order valence-corrected chi connectivity index (χ4v) is 9.81. The van der Waals surface area contributed by atoms with Gasteiger partial charge < -0.3 is 14.4 Å². The van der Waals surface area contributed by atoms with E-state index in [1.165, 1.54) is 55.3 Å². The van der Waals surface area contributed by atoms with Gasteiger partial charge in [0.15, 0.2) is 23.0 Å². The molecule has 1 spiro atoms. The second kappa shape index (κ2) is 13.4. The molecule has 1 heterocycles. The number of hydrogen-bond acceptors (Lipinski definition) is 3. The summed E-state index contributed by atoms with van der Waals surface area (Å²) >= 11 is 0. The summed E-state index contributed by atoms with van der Waals surface area (Å²) in [6.45, 7) is 2.18. The van der Waals surface area contributed by atoms with Crippen molar-refractivity contribution < 1.29 is 9.47 Å². The van der Waals surface area contributed by atoms with Gasteiger partial charge in [-0.05, 0) is 111 Å². The molecular weight excluding hydrogens is 695 g/mol. The van der Waals surface area contributed by atoms with E-state index in [2.05, 4.69) is 206 Å². The SMILES string of the molecule is Cc1cccc2cc(N(c3ccc4c(c3)Oc3cc5c(cc3O4)C3(C/C=C\C=C/Cc4ccccc43)c3ccccc3-5)C3C=CC=C[C@H]3c3ccccc3)ccc12. The van der Waals surface area contributed by atoms with Crippen LogP contribution in [-0.2, 0) is 11.8 Å². The lowest BCUT2D eigenvalue weighted by Crippen LogP contribution is -2.35. The molecule has 3 atom stereocenters. The molecule has 3 nitrogen and oxygen atoms in total. The lowest BCUT2D eigenvalue weighted by Gasteiger charge is -2.38. The molecule has 4 aliphatic rings. The first-order valence-electron chi connectivity index (χ1n) is 20.0. The Bertz CT molecular complexity index is 2840. The van der Waals surface area contributed by atoms with Crippen molar-refractivity contribution in [2.24, 2.45) is 0 Å². The van der Waals surface area contributed by atoms with Gasteiger partial charge in [0.2, 0.25) is 0 Å². The molecule has 7 aromatic carbocycles. The van der Waals surface area contributed by atoms with E-state index in [4.69, 9.17) is 9.47 Å². The number of benzene rings is 7. The summed E-state index contributed by atoms with van der Waals surface area (Å²) in [6, 6.07) is 52.9. The summed E-state index contributed by atoms with van der Waals surface area (Å²) in [7, 11) is 0. The second-order valence-corrected chi connectivity index (χ2v) is 15.6. The van der Waals surface area contributed by atoms with E-state index in [0.29, 0.717) is 11.5 Å². The summed E-state index contributed by atoms with van der Waals surface area (Å²) in [4.78, 5) is 2.46. The molecule has 0 N–H and O–H groups in total. The van der Waals surface area contributed by atoms with E-state index in [9.17, 15) is 0 Å². The molecule has 3 heteroatoms. The largest absolute Gasteiger partial charge is 0.449 e. The molecular formula is C54H41NO2. The van der Waals surface area contributed by atoms with Crippen molar-refractivity contribution in [2.45, 2.75) is 37.1 Å². The highest BCUT2D eigenvalue weighted by Crippen LogP contribution is 2.59. The van der Waals surface area contributed by atoms with E-state index in [1.807, 2.05) is 0 Å². The van der Waals surface area contributed by atoms with Gasteiger partial charge >= 0.3 is 0 Å². The van der Waals surface area contributed by atoms with Gasteiger partial charge in [0, 0.05) is 23.4 Å². The molecule has 0 radical (unpaired) electrons. The number of rotatable bonds is 4. The van der Waals surface area contributed by atoms with E-state index in [1.54, 1.807) is 0 Å². The first kappa shape index (κ1) is 33.5. The van der Waals surface area contributed by atoms with Gasteiger partial charge in [0.1, 0.15) is 0 Å². The van der Waals surface area contributed by atoms with Crippen molar-refractivity contribution in [1.29, 1.82) is 0 Å². The van der Waals surface area contributed by atoms with Crippen LogP contribution in [0.3, 0.4) is 0 Å². The van der Waals surface area contributed by atoms with E-state index in [0.717, 1.165) is 35.7 Å². The maximum Gasteiger partial charge on any atom is 0.172 e. The lowest BCUT2D eigenvalue weighted by atomic mass is 9.68. The zero-order chi connectivity index (χ0) is 37.9. The summed E-state index contributed by atoms with van der Waals surface area (Å²) in [5.41, 5.74) is 12.1. The fraction of sp³-hybridized carbons (Fsp3) is 0.111. The van der Waals surface area contributed by atoms with Crippen LogP contribution in [-0.4, -0.2) is 6.04 Å².